The lowest BCUT2D eigenvalue weighted by molar-refractivity contribution is 0.102. The van der Waals surface area contributed by atoms with Crippen LogP contribution in [0.5, 0.6) is 0 Å². The first-order valence-electron chi connectivity index (χ1n) is 7.15. The molecule has 22 heavy (non-hydrogen) atoms. The Morgan fingerprint density at radius 3 is 2.27 bits per heavy atom. The summed E-state index contributed by atoms with van der Waals surface area (Å²) in [5.74, 6) is -0.274. The van der Waals surface area contributed by atoms with Gasteiger partial charge in [0, 0.05) is 22.8 Å². The van der Waals surface area contributed by atoms with Crippen molar-refractivity contribution < 1.29 is 4.79 Å². The second-order valence-corrected chi connectivity index (χ2v) is 6.63. The van der Waals surface area contributed by atoms with Gasteiger partial charge in [0.05, 0.1) is 12.0 Å². The summed E-state index contributed by atoms with van der Waals surface area (Å²) in [5.41, 5.74) is 5.27. The lowest BCUT2D eigenvalue weighted by Crippen LogP contribution is -2.13. The maximum atomic E-state index is 13.0. The van der Waals surface area contributed by atoms with E-state index in [-0.39, 0.29) is 11.7 Å². The summed E-state index contributed by atoms with van der Waals surface area (Å²) in [5, 5.41) is 9.12. The minimum atomic E-state index is -0.261. The normalized spacial score (nSPS) is 12.0. The number of ketones is 1. The molecule has 0 fully saturated rings. The van der Waals surface area contributed by atoms with E-state index in [4.69, 9.17) is 5.26 Å². The SMILES string of the molecule is Cc1cc(C)c(C(=O)c2c(Br)cc(C(C)C#N)n2C)c(C)c1. The Morgan fingerprint density at radius 1 is 1.23 bits per heavy atom. The Morgan fingerprint density at radius 2 is 1.77 bits per heavy atom. The van der Waals surface area contributed by atoms with Crippen LogP contribution >= 0.6 is 15.9 Å². The zero-order valence-electron chi connectivity index (χ0n) is 13.5. The minimum absolute atomic E-state index is 0.0132. The first-order chi connectivity index (χ1) is 10.3. The highest BCUT2D eigenvalue weighted by Gasteiger charge is 2.24. The van der Waals surface area contributed by atoms with Crippen LogP contribution in [-0.2, 0) is 7.05 Å². The van der Waals surface area contributed by atoms with E-state index in [0.29, 0.717) is 5.69 Å². The molecule has 0 amide bonds. The molecule has 1 aromatic carbocycles. The number of aromatic nitrogens is 1. The highest BCUT2D eigenvalue weighted by molar-refractivity contribution is 9.10. The van der Waals surface area contributed by atoms with E-state index < -0.39 is 0 Å². The monoisotopic (exact) mass is 358 g/mol. The van der Waals surface area contributed by atoms with E-state index in [0.717, 1.165) is 32.4 Å². The van der Waals surface area contributed by atoms with Crippen molar-refractivity contribution >= 4 is 21.7 Å². The van der Waals surface area contributed by atoms with Gasteiger partial charge in [0.1, 0.15) is 5.69 Å². The van der Waals surface area contributed by atoms with E-state index in [1.54, 1.807) is 0 Å². The van der Waals surface area contributed by atoms with Crippen LogP contribution in [0.2, 0.25) is 0 Å². The molecule has 0 spiro atoms. The number of nitrogens with zero attached hydrogens (tertiary/aromatic N) is 2. The van der Waals surface area contributed by atoms with Crippen LogP contribution < -0.4 is 0 Å². The molecule has 0 bridgehead atoms. The maximum absolute atomic E-state index is 13.0. The Bertz CT molecular complexity index is 773. The number of hydrogen-bond acceptors (Lipinski definition) is 2. The number of carbonyl (C=O) groups excluding carboxylic acids is 1. The average Bonchev–Trinajstić information content (AvgIpc) is 2.71. The van der Waals surface area contributed by atoms with Crippen LogP contribution in [0.4, 0.5) is 0 Å². The van der Waals surface area contributed by atoms with Crippen molar-refractivity contribution in [3.05, 3.63) is 56.3 Å². The number of benzene rings is 1. The summed E-state index contributed by atoms with van der Waals surface area (Å²) < 4.78 is 2.55. The van der Waals surface area contributed by atoms with Gasteiger partial charge in [-0.15, -0.1) is 0 Å². The van der Waals surface area contributed by atoms with Gasteiger partial charge in [0.15, 0.2) is 0 Å². The quantitative estimate of drug-likeness (QED) is 0.754. The van der Waals surface area contributed by atoms with Gasteiger partial charge >= 0.3 is 0 Å². The van der Waals surface area contributed by atoms with Gasteiger partial charge in [-0.05, 0) is 60.8 Å². The Labute approximate surface area is 139 Å². The molecule has 1 heterocycles. The summed E-state index contributed by atoms with van der Waals surface area (Å²) in [7, 11) is 1.83. The predicted octanol–water partition coefficient (Wildman–Crippen LogP) is 4.57. The van der Waals surface area contributed by atoms with Crippen molar-refractivity contribution in [1.82, 2.24) is 4.57 Å². The zero-order chi connectivity index (χ0) is 16.6. The molecular formula is C18H19BrN2O. The molecule has 114 valence electrons. The molecule has 0 N–H and O–H groups in total. The van der Waals surface area contributed by atoms with Gasteiger partial charge in [-0.25, -0.2) is 0 Å². The molecule has 1 atom stereocenters. The molecule has 2 rings (SSSR count). The van der Waals surface area contributed by atoms with Gasteiger partial charge in [-0.3, -0.25) is 4.79 Å². The predicted molar refractivity (Wildman–Crippen MR) is 91.2 cm³/mol. The minimum Gasteiger partial charge on any atom is -0.343 e. The van der Waals surface area contributed by atoms with Gasteiger partial charge in [0.25, 0.3) is 0 Å². The highest BCUT2D eigenvalue weighted by atomic mass is 79.9. The molecule has 2 aromatic rings. The molecule has 1 aromatic heterocycles. The fourth-order valence-corrected chi connectivity index (χ4v) is 3.66. The zero-order valence-corrected chi connectivity index (χ0v) is 15.1. The summed E-state index contributed by atoms with van der Waals surface area (Å²) >= 11 is 3.48. The summed E-state index contributed by atoms with van der Waals surface area (Å²) in [6, 6.07) is 8.13. The lowest BCUT2D eigenvalue weighted by Gasteiger charge is -2.13. The van der Waals surface area contributed by atoms with E-state index in [2.05, 4.69) is 22.0 Å². The van der Waals surface area contributed by atoms with Crippen LogP contribution in [0, 0.1) is 32.1 Å². The molecule has 0 saturated heterocycles. The topological polar surface area (TPSA) is 45.8 Å². The Kier molecular flexibility index (Phi) is 4.58. The summed E-state index contributed by atoms with van der Waals surface area (Å²) in [6.07, 6.45) is 0. The van der Waals surface area contributed by atoms with E-state index >= 15 is 0 Å². The Balaban J connectivity index is 2.62. The highest BCUT2D eigenvalue weighted by Crippen LogP contribution is 2.29. The molecule has 0 aliphatic rings. The van der Waals surface area contributed by atoms with Gasteiger partial charge < -0.3 is 4.57 Å². The molecular weight excluding hydrogens is 340 g/mol. The van der Waals surface area contributed by atoms with Crippen molar-refractivity contribution in [1.29, 1.82) is 5.26 Å². The molecule has 0 aliphatic heterocycles. The van der Waals surface area contributed by atoms with Crippen LogP contribution in [-0.4, -0.2) is 10.4 Å². The fourth-order valence-electron chi connectivity index (χ4n) is 2.98. The summed E-state index contributed by atoms with van der Waals surface area (Å²) in [4.78, 5) is 13.0. The Hall–Kier alpha value is -1.86. The molecule has 0 saturated carbocycles. The first-order valence-corrected chi connectivity index (χ1v) is 7.94. The number of aryl methyl sites for hydroxylation is 3. The largest absolute Gasteiger partial charge is 0.343 e. The third-order valence-electron chi connectivity index (χ3n) is 3.98. The van der Waals surface area contributed by atoms with Gasteiger partial charge in [-0.2, -0.15) is 5.26 Å². The van der Waals surface area contributed by atoms with Crippen LogP contribution in [0.3, 0.4) is 0 Å². The van der Waals surface area contributed by atoms with E-state index in [1.165, 1.54) is 0 Å². The van der Waals surface area contributed by atoms with Gasteiger partial charge in [0.2, 0.25) is 5.78 Å². The van der Waals surface area contributed by atoms with E-state index in [9.17, 15) is 4.79 Å². The number of halogens is 1. The second kappa shape index (κ2) is 6.10. The number of carbonyl (C=O) groups is 1. The lowest BCUT2D eigenvalue weighted by atomic mass is 9.95. The van der Waals surface area contributed by atoms with E-state index in [1.807, 2.05) is 57.5 Å². The first kappa shape index (κ1) is 16.5. The molecule has 1 unspecified atom stereocenters. The van der Waals surface area contributed by atoms with Crippen molar-refractivity contribution in [2.24, 2.45) is 7.05 Å². The molecule has 4 heteroatoms. The van der Waals surface area contributed by atoms with Crippen LogP contribution in [0.1, 0.15) is 51.3 Å². The van der Waals surface area contributed by atoms with Crippen molar-refractivity contribution in [2.45, 2.75) is 33.6 Å². The van der Waals surface area contributed by atoms with Crippen LogP contribution in [0.15, 0.2) is 22.7 Å². The molecule has 0 aliphatic carbocycles. The fraction of sp³-hybridized carbons (Fsp3) is 0.333. The van der Waals surface area contributed by atoms with Crippen molar-refractivity contribution in [3.63, 3.8) is 0 Å². The summed E-state index contributed by atoms with van der Waals surface area (Å²) in [6.45, 7) is 7.78. The smallest absolute Gasteiger partial charge is 0.211 e. The maximum Gasteiger partial charge on any atom is 0.211 e. The third kappa shape index (κ3) is 2.74. The second-order valence-electron chi connectivity index (χ2n) is 5.78. The average molecular weight is 359 g/mol. The van der Waals surface area contributed by atoms with Gasteiger partial charge in [-0.1, -0.05) is 17.7 Å². The molecule has 3 nitrogen and oxygen atoms in total. The standard InChI is InChI=1S/C18H19BrN2O/c1-10-6-11(2)16(12(3)7-10)18(22)17-14(19)8-15(21(17)5)13(4)9-20/h6-8,13H,1-5H3. The number of nitriles is 1. The van der Waals surface area contributed by atoms with Crippen LogP contribution in [0.25, 0.3) is 0 Å². The number of hydrogen-bond donors (Lipinski definition) is 0. The van der Waals surface area contributed by atoms with Crippen molar-refractivity contribution in [2.75, 3.05) is 0 Å². The third-order valence-corrected chi connectivity index (χ3v) is 4.58. The number of rotatable bonds is 3. The van der Waals surface area contributed by atoms with Crippen molar-refractivity contribution in [3.8, 4) is 6.07 Å². The molecule has 0 radical (unpaired) electrons.